The van der Waals surface area contributed by atoms with E-state index in [0.29, 0.717) is 16.6 Å². The summed E-state index contributed by atoms with van der Waals surface area (Å²) in [4.78, 5) is 27.5. The van der Waals surface area contributed by atoms with Crippen LogP contribution in [0.25, 0.3) is 0 Å². The molecule has 3 aromatic rings. The van der Waals surface area contributed by atoms with E-state index in [0.717, 1.165) is 56.4 Å². The molecule has 1 aliphatic heterocycles. The maximum atomic E-state index is 13.0. The third-order valence-corrected chi connectivity index (χ3v) is 8.85. The van der Waals surface area contributed by atoms with Gasteiger partial charge in [0.25, 0.3) is 0 Å². The van der Waals surface area contributed by atoms with Crippen molar-refractivity contribution in [2.75, 3.05) is 26.2 Å². The van der Waals surface area contributed by atoms with Gasteiger partial charge in [0.1, 0.15) is 0 Å². The van der Waals surface area contributed by atoms with Gasteiger partial charge in [0.15, 0.2) is 0 Å². The van der Waals surface area contributed by atoms with Gasteiger partial charge in [-0.25, -0.2) is 0 Å². The third-order valence-electron chi connectivity index (χ3n) is 8.11. The molecule has 0 bridgehead atoms. The number of carbonyl (C=O) groups excluding carboxylic acids is 2. The SMILES string of the molecule is CC(=O)NC1(c2ccccc2)CCN(CCCC(CNC(=O)C(C)c2ccccc2)c2ccc(Cl)c(Cl)c2)CC1. The first-order valence-electron chi connectivity index (χ1n) is 14.1. The minimum Gasteiger partial charge on any atom is -0.355 e. The van der Waals surface area contributed by atoms with Crippen molar-refractivity contribution >= 4 is 35.0 Å². The molecule has 2 N–H and O–H groups in total. The Morgan fingerprint density at radius 2 is 1.55 bits per heavy atom. The molecule has 0 radical (unpaired) electrons. The molecule has 1 heterocycles. The van der Waals surface area contributed by atoms with Crippen LogP contribution in [0.4, 0.5) is 0 Å². The quantitative estimate of drug-likeness (QED) is 0.259. The van der Waals surface area contributed by atoms with E-state index in [2.05, 4.69) is 27.7 Å². The summed E-state index contributed by atoms with van der Waals surface area (Å²) in [5.41, 5.74) is 2.94. The number of nitrogens with zero attached hydrogens (tertiary/aromatic N) is 1. The first-order chi connectivity index (χ1) is 19.3. The number of likely N-dealkylation sites (tertiary alicyclic amines) is 1. The number of hydrogen-bond acceptors (Lipinski definition) is 3. The highest BCUT2D eigenvalue weighted by Crippen LogP contribution is 2.34. The fourth-order valence-electron chi connectivity index (χ4n) is 5.72. The van der Waals surface area contributed by atoms with Crippen LogP contribution >= 0.6 is 23.2 Å². The molecule has 0 spiro atoms. The van der Waals surface area contributed by atoms with Gasteiger partial charge in [-0.3, -0.25) is 9.59 Å². The molecular weight excluding hydrogens is 541 g/mol. The monoisotopic (exact) mass is 579 g/mol. The van der Waals surface area contributed by atoms with Crippen molar-refractivity contribution in [1.29, 1.82) is 0 Å². The minimum absolute atomic E-state index is 0.00500. The lowest BCUT2D eigenvalue weighted by atomic mass is 9.80. The molecular formula is C33H39Cl2N3O2. The van der Waals surface area contributed by atoms with Gasteiger partial charge >= 0.3 is 0 Å². The maximum Gasteiger partial charge on any atom is 0.227 e. The van der Waals surface area contributed by atoms with Crippen molar-refractivity contribution < 1.29 is 9.59 Å². The second-order valence-electron chi connectivity index (χ2n) is 10.9. The number of piperidine rings is 1. The van der Waals surface area contributed by atoms with E-state index in [1.807, 2.05) is 73.7 Å². The van der Waals surface area contributed by atoms with Gasteiger partial charge in [0, 0.05) is 32.5 Å². The van der Waals surface area contributed by atoms with Gasteiger partial charge in [0.05, 0.1) is 21.5 Å². The summed E-state index contributed by atoms with van der Waals surface area (Å²) >= 11 is 12.6. The zero-order valence-corrected chi connectivity index (χ0v) is 24.8. The second kappa shape index (κ2) is 14.2. The van der Waals surface area contributed by atoms with Crippen molar-refractivity contribution in [3.63, 3.8) is 0 Å². The number of nitrogens with one attached hydrogen (secondary N) is 2. The predicted molar refractivity (Wildman–Crippen MR) is 164 cm³/mol. The van der Waals surface area contributed by atoms with Gasteiger partial charge in [-0.05, 0) is 68.0 Å². The minimum atomic E-state index is -0.314. The molecule has 40 heavy (non-hydrogen) atoms. The molecule has 4 rings (SSSR count). The lowest BCUT2D eigenvalue weighted by molar-refractivity contribution is -0.122. The summed E-state index contributed by atoms with van der Waals surface area (Å²) in [6, 6.07) is 25.9. The van der Waals surface area contributed by atoms with Crippen molar-refractivity contribution in [2.24, 2.45) is 0 Å². The second-order valence-corrected chi connectivity index (χ2v) is 11.7. The number of carbonyl (C=O) groups is 2. The smallest absolute Gasteiger partial charge is 0.227 e. The molecule has 2 atom stereocenters. The van der Waals surface area contributed by atoms with Crippen LogP contribution in [-0.4, -0.2) is 42.9 Å². The zero-order valence-electron chi connectivity index (χ0n) is 23.3. The summed E-state index contributed by atoms with van der Waals surface area (Å²) in [7, 11) is 0. The molecule has 5 nitrogen and oxygen atoms in total. The number of rotatable bonds is 11. The topological polar surface area (TPSA) is 61.4 Å². The zero-order chi connectivity index (χ0) is 28.5. The molecule has 1 aliphatic rings. The summed E-state index contributed by atoms with van der Waals surface area (Å²) in [6.45, 7) is 6.85. The number of hydrogen-bond donors (Lipinski definition) is 2. The highest BCUT2D eigenvalue weighted by molar-refractivity contribution is 6.42. The summed E-state index contributed by atoms with van der Waals surface area (Å²) in [6.07, 6.45) is 3.64. The average molecular weight is 581 g/mol. The van der Waals surface area contributed by atoms with E-state index in [1.165, 1.54) is 5.56 Å². The van der Waals surface area contributed by atoms with Crippen molar-refractivity contribution in [3.05, 3.63) is 106 Å². The Bertz CT molecular complexity index is 1260. The molecule has 2 unspecified atom stereocenters. The van der Waals surface area contributed by atoms with Gasteiger partial charge in [0.2, 0.25) is 11.8 Å². The number of amides is 2. The number of benzene rings is 3. The van der Waals surface area contributed by atoms with E-state index < -0.39 is 0 Å². The Labute approximate surface area is 248 Å². The third kappa shape index (κ3) is 7.87. The summed E-state index contributed by atoms with van der Waals surface area (Å²) in [5.74, 6) is -0.0836. The molecule has 3 aromatic carbocycles. The van der Waals surface area contributed by atoms with Crippen LogP contribution in [0.5, 0.6) is 0 Å². The van der Waals surface area contributed by atoms with Crippen LogP contribution in [0.3, 0.4) is 0 Å². The van der Waals surface area contributed by atoms with Gasteiger partial charge < -0.3 is 15.5 Å². The lowest BCUT2D eigenvalue weighted by Gasteiger charge is -2.43. The van der Waals surface area contributed by atoms with E-state index in [9.17, 15) is 9.59 Å². The highest BCUT2D eigenvalue weighted by Gasteiger charge is 2.36. The molecule has 7 heteroatoms. The van der Waals surface area contributed by atoms with Crippen LogP contribution in [0, 0.1) is 0 Å². The Morgan fingerprint density at radius 1 is 0.900 bits per heavy atom. The van der Waals surface area contributed by atoms with Crippen molar-refractivity contribution in [1.82, 2.24) is 15.5 Å². The first-order valence-corrected chi connectivity index (χ1v) is 14.9. The predicted octanol–water partition coefficient (Wildman–Crippen LogP) is 6.90. The van der Waals surface area contributed by atoms with Gasteiger partial charge in [-0.15, -0.1) is 0 Å². The molecule has 0 aromatic heterocycles. The van der Waals surface area contributed by atoms with E-state index in [1.54, 1.807) is 6.92 Å². The summed E-state index contributed by atoms with van der Waals surface area (Å²) in [5, 5.41) is 7.49. The molecule has 0 saturated carbocycles. The van der Waals surface area contributed by atoms with Crippen molar-refractivity contribution in [3.8, 4) is 0 Å². The fourth-order valence-corrected chi connectivity index (χ4v) is 6.03. The first kappa shape index (κ1) is 30.1. The fraction of sp³-hybridized carbons (Fsp3) is 0.394. The Kier molecular flexibility index (Phi) is 10.7. The molecule has 1 fully saturated rings. The van der Waals surface area contributed by atoms with E-state index in [-0.39, 0.29) is 29.2 Å². The van der Waals surface area contributed by atoms with Crippen molar-refractivity contribution in [2.45, 2.75) is 56.9 Å². The Hall–Kier alpha value is -2.86. The average Bonchev–Trinajstić information content (AvgIpc) is 2.97. The van der Waals surface area contributed by atoms with E-state index in [4.69, 9.17) is 23.2 Å². The largest absolute Gasteiger partial charge is 0.355 e. The van der Waals surface area contributed by atoms with Crippen LogP contribution in [0.1, 0.15) is 68.1 Å². The Morgan fingerprint density at radius 3 is 2.17 bits per heavy atom. The molecule has 212 valence electrons. The van der Waals surface area contributed by atoms with Crippen LogP contribution in [0.15, 0.2) is 78.9 Å². The molecule has 0 aliphatic carbocycles. The molecule has 2 amide bonds. The lowest BCUT2D eigenvalue weighted by Crippen LogP contribution is -2.52. The van der Waals surface area contributed by atoms with Crippen LogP contribution < -0.4 is 10.6 Å². The standard InChI is InChI=1S/C33H39Cl2N3O2/c1-24(26-10-5-3-6-11-26)32(40)36-23-28(27-15-16-30(34)31(35)22-27)12-9-19-38-20-17-33(18-21-38,37-25(2)39)29-13-7-4-8-14-29/h3-8,10-11,13-16,22,24,28H,9,12,17-21,23H2,1-2H3,(H,36,40)(H,37,39). The van der Waals surface area contributed by atoms with Gasteiger partial charge in [-0.2, -0.15) is 0 Å². The molecule has 1 saturated heterocycles. The van der Waals surface area contributed by atoms with E-state index >= 15 is 0 Å². The summed E-state index contributed by atoms with van der Waals surface area (Å²) < 4.78 is 0. The highest BCUT2D eigenvalue weighted by atomic mass is 35.5. The number of halogens is 2. The normalized spacial score (nSPS) is 16.6. The maximum absolute atomic E-state index is 13.0. The van der Waals surface area contributed by atoms with Crippen LogP contribution in [0.2, 0.25) is 10.0 Å². The van der Waals surface area contributed by atoms with Gasteiger partial charge in [-0.1, -0.05) is 89.9 Å². The van der Waals surface area contributed by atoms with Crippen LogP contribution in [-0.2, 0) is 15.1 Å². The Balaban J connectivity index is 1.36.